The van der Waals surface area contributed by atoms with Gasteiger partial charge in [0.15, 0.2) is 0 Å². The molecule has 0 spiro atoms. The molecule has 11 heteroatoms. The van der Waals surface area contributed by atoms with E-state index in [9.17, 15) is 29.6 Å². The number of nitrogens with zero attached hydrogens (tertiary/aromatic N) is 2. The molecule has 3 rings (SSSR count). The van der Waals surface area contributed by atoms with Gasteiger partial charge in [-0.1, -0.05) is 6.08 Å². The first kappa shape index (κ1) is 19.7. The van der Waals surface area contributed by atoms with Gasteiger partial charge >= 0.3 is 5.69 Å². The van der Waals surface area contributed by atoms with E-state index >= 15 is 0 Å². The zero-order valence-corrected chi connectivity index (χ0v) is 15.0. The van der Waals surface area contributed by atoms with E-state index in [4.69, 9.17) is 4.74 Å². The van der Waals surface area contributed by atoms with Crippen molar-refractivity contribution in [2.24, 2.45) is 0 Å². The van der Waals surface area contributed by atoms with Gasteiger partial charge in [0, 0.05) is 41.6 Å². The van der Waals surface area contributed by atoms with E-state index in [1.54, 1.807) is 6.92 Å². The van der Waals surface area contributed by atoms with Crippen LogP contribution in [0, 0.1) is 17.0 Å². The van der Waals surface area contributed by atoms with Crippen LogP contribution in [0.4, 0.5) is 0 Å². The molecule has 1 aromatic heterocycles. The Morgan fingerprint density at radius 3 is 2.89 bits per heavy atom. The summed E-state index contributed by atoms with van der Waals surface area (Å²) < 4.78 is 6.87. The molecule has 150 valence electrons. The number of nitrogens with one attached hydrogen (secondary N) is 2. The molecule has 2 aliphatic rings. The smallest absolute Gasteiger partial charge is 0.330 e. The largest absolute Gasteiger partial charge is 0.390 e. The Hall–Kier alpha value is -3.05. The summed E-state index contributed by atoms with van der Waals surface area (Å²) in [6.45, 7) is 1.55. The molecule has 1 fully saturated rings. The van der Waals surface area contributed by atoms with Crippen LogP contribution in [-0.4, -0.2) is 50.3 Å². The normalized spacial score (nSPS) is 26.7. The van der Waals surface area contributed by atoms with Gasteiger partial charge in [0.05, 0.1) is 6.10 Å². The SMILES string of the molecule is Cc1cn([C@@H]2C[C@H](O)[C@@H](CNC(=O)C3=CCC([N+](=O)[O-])C=C3)O2)c(=O)[nH]c1=O. The Morgan fingerprint density at radius 2 is 2.25 bits per heavy atom. The number of aromatic nitrogens is 2. The van der Waals surface area contributed by atoms with E-state index < -0.39 is 46.6 Å². The van der Waals surface area contributed by atoms with Crippen molar-refractivity contribution < 1.29 is 19.6 Å². The molecule has 1 aliphatic heterocycles. The fourth-order valence-corrected chi connectivity index (χ4v) is 3.10. The summed E-state index contributed by atoms with van der Waals surface area (Å²) in [5, 5.41) is 23.5. The maximum absolute atomic E-state index is 12.2. The number of amides is 1. The molecule has 4 atom stereocenters. The fraction of sp³-hybridized carbons (Fsp3) is 0.471. The molecule has 0 bridgehead atoms. The highest BCUT2D eigenvalue weighted by Gasteiger charge is 2.36. The molecule has 28 heavy (non-hydrogen) atoms. The molecule has 2 heterocycles. The van der Waals surface area contributed by atoms with E-state index in [1.807, 2.05) is 0 Å². The van der Waals surface area contributed by atoms with Crippen molar-refractivity contribution in [2.45, 2.75) is 44.2 Å². The highest BCUT2D eigenvalue weighted by molar-refractivity contribution is 5.96. The van der Waals surface area contributed by atoms with Crippen LogP contribution >= 0.6 is 0 Å². The summed E-state index contributed by atoms with van der Waals surface area (Å²) in [5.74, 6) is -0.436. The number of aliphatic hydroxyl groups excluding tert-OH is 1. The van der Waals surface area contributed by atoms with Crippen molar-refractivity contribution in [3.63, 3.8) is 0 Å². The van der Waals surface area contributed by atoms with Crippen molar-refractivity contribution in [3.8, 4) is 0 Å². The summed E-state index contributed by atoms with van der Waals surface area (Å²) in [7, 11) is 0. The van der Waals surface area contributed by atoms with Crippen molar-refractivity contribution in [1.82, 2.24) is 14.9 Å². The Balaban J connectivity index is 1.59. The third kappa shape index (κ3) is 4.10. The maximum Gasteiger partial charge on any atom is 0.330 e. The summed E-state index contributed by atoms with van der Waals surface area (Å²) in [4.78, 5) is 48.1. The molecular formula is C17H20N4O7. The van der Waals surface area contributed by atoms with Crippen LogP contribution in [0.1, 0.15) is 24.6 Å². The predicted molar refractivity (Wildman–Crippen MR) is 96.2 cm³/mol. The monoisotopic (exact) mass is 392 g/mol. The Bertz CT molecular complexity index is 961. The molecule has 1 aromatic rings. The zero-order chi connectivity index (χ0) is 20.4. The average molecular weight is 392 g/mol. The zero-order valence-electron chi connectivity index (χ0n) is 15.0. The maximum atomic E-state index is 12.2. The molecule has 1 saturated heterocycles. The Labute approximate surface area is 158 Å². The van der Waals surface area contributed by atoms with Gasteiger partial charge in [-0.05, 0) is 19.1 Å². The Kier molecular flexibility index (Phi) is 5.56. The summed E-state index contributed by atoms with van der Waals surface area (Å²) >= 11 is 0. The van der Waals surface area contributed by atoms with Gasteiger partial charge in [0.25, 0.3) is 11.5 Å². The highest BCUT2D eigenvalue weighted by Crippen LogP contribution is 2.27. The number of aliphatic hydroxyl groups is 1. The predicted octanol–water partition coefficient (Wildman–Crippen LogP) is -0.859. The van der Waals surface area contributed by atoms with E-state index in [1.165, 1.54) is 29.0 Å². The minimum absolute atomic E-state index is 0.00255. The molecule has 1 aliphatic carbocycles. The fourth-order valence-electron chi connectivity index (χ4n) is 3.10. The lowest BCUT2D eigenvalue weighted by Crippen LogP contribution is -2.38. The van der Waals surface area contributed by atoms with E-state index in [0.29, 0.717) is 11.1 Å². The first-order valence-electron chi connectivity index (χ1n) is 8.72. The molecule has 1 unspecified atom stereocenters. The van der Waals surface area contributed by atoms with Crippen molar-refractivity contribution in [1.29, 1.82) is 0 Å². The molecule has 3 N–H and O–H groups in total. The summed E-state index contributed by atoms with van der Waals surface area (Å²) in [5.41, 5.74) is -0.500. The van der Waals surface area contributed by atoms with E-state index in [-0.39, 0.29) is 19.4 Å². The number of rotatable bonds is 5. The van der Waals surface area contributed by atoms with Crippen molar-refractivity contribution in [3.05, 3.63) is 66.5 Å². The van der Waals surface area contributed by atoms with Gasteiger partial charge in [0.2, 0.25) is 6.04 Å². The number of aryl methyl sites for hydroxylation is 1. The number of aromatic amines is 1. The lowest BCUT2D eigenvalue weighted by atomic mass is 10.0. The second-order valence-electron chi connectivity index (χ2n) is 6.73. The lowest BCUT2D eigenvalue weighted by molar-refractivity contribution is -0.508. The third-order valence-corrected chi connectivity index (χ3v) is 4.73. The Morgan fingerprint density at radius 1 is 1.50 bits per heavy atom. The van der Waals surface area contributed by atoms with Crippen LogP contribution in [0.5, 0.6) is 0 Å². The quantitative estimate of drug-likeness (QED) is 0.435. The van der Waals surface area contributed by atoms with Crippen molar-refractivity contribution in [2.75, 3.05) is 6.54 Å². The first-order valence-corrected chi connectivity index (χ1v) is 8.72. The highest BCUT2D eigenvalue weighted by atomic mass is 16.6. The average Bonchev–Trinajstić information content (AvgIpc) is 3.03. The van der Waals surface area contributed by atoms with Gasteiger partial charge < -0.3 is 15.2 Å². The summed E-state index contributed by atoms with van der Waals surface area (Å²) in [6.07, 6.45) is 3.43. The molecule has 11 nitrogen and oxygen atoms in total. The van der Waals surface area contributed by atoms with Crippen LogP contribution in [0.3, 0.4) is 0 Å². The van der Waals surface area contributed by atoms with Crippen LogP contribution in [-0.2, 0) is 9.53 Å². The van der Waals surface area contributed by atoms with Crippen LogP contribution in [0.15, 0.2) is 39.6 Å². The first-order chi connectivity index (χ1) is 13.3. The second kappa shape index (κ2) is 7.90. The van der Waals surface area contributed by atoms with Crippen LogP contribution < -0.4 is 16.6 Å². The molecule has 0 saturated carbocycles. The van der Waals surface area contributed by atoms with Gasteiger partial charge in [-0.2, -0.15) is 0 Å². The number of nitro groups is 1. The number of hydrogen-bond donors (Lipinski definition) is 3. The lowest BCUT2D eigenvalue weighted by Gasteiger charge is -2.17. The molecule has 0 aromatic carbocycles. The topological polar surface area (TPSA) is 157 Å². The summed E-state index contributed by atoms with van der Waals surface area (Å²) in [6, 6.07) is -0.837. The third-order valence-electron chi connectivity index (χ3n) is 4.73. The number of carbonyl (C=O) groups is 1. The van der Waals surface area contributed by atoms with E-state index in [0.717, 1.165) is 0 Å². The minimum atomic E-state index is -0.917. The molecule has 1 amide bonds. The second-order valence-corrected chi connectivity index (χ2v) is 6.73. The molecular weight excluding hydrogens is 372 g/mol. The number of carbonyl (C=O) groups excluding carboxylic acids is 1. The van der Waals surface area contributed by atoms with E-state index in [2.05, 4.69) is 10.3 Å². The standard InChI is InChI=1S/C17H20N4O7/c1-9-8-20(17(25)19-15(9)23)14-6-12(22)13(28-14)7-18-16(24)10-2-4-11(5-3-10)21(26)27/h2-4,8,11-14,22H,5-7H2,1H3,(H,18,24)(H,19,23,25)/t11?,12-,13+,14-/m0/s1. The van der Waals surface area contributed by atoms with Gasteiger partial charge in [-0.15, -0.1) is 0 Å². The number of ether oxygens (including phenoxy) is 1. The number of H-pyrrole nitrogens is 1. The van der Waals surface area contributed by atoms with Crippen LogP contribution in [0.2, 0.25) is 0 Å². The van der Waals surface area contributed by atoms with Gasteiger partial charge in [-0.25, -0.2) is 4.79 Å². The van der Waals surface area contributed by atoms with Gasteiger partial charge in [-0.3, -0.25) is 29.3 Å². The molecule has 0 radical (unpaired) electrons. The van der Waals surface area contributed by atoms with Crippen molar-refractivity contribution >= 4 is 5.91 Å². The van der Waals surface area contributed by atoms with Crippen LogP contribution in [0.25, 0.3) is 0 Å². The van der Waals surface area contributed by atoms with Gasteiger partial charge in [0.1, 0.15) is 12.3 Å². The number of hydrogen-bond acceptors (Lipinski definition) is 7. The minimum Gasteiger partial charge on any atom is -0.390 e.